The number of imidazole rings is 1. The Labute approximate surface area is 82.3 Å². The highest BCUT2D eigenvalue weighted by Crippen LogP contribution is 2.09. The number of rotatable bonds is 2. The second kappa shape index (κ2) is 3.68. The molecule has 2 rings (SSSR count). The third kappa shape index (κ3) is 1.66. The molecule has 0 aromatic carbocycles. The maximum absolute atomic E-state index is 11.8. The largest absolute Gasteiger partial charge is 0.365 e. The van der Waals surface area contributed by atoms with E-state index in [9.17, 15) is 8.42 Å². The van der Waals surface area contributed by atoms with Gasteiger partial charge in [-0.25, -0.2) is 8.96 Å². The molecule has 1 saturated heterocycles. The number of nitrogens with zero attached hydrogens (tertiary/aromatic N) is 3. The Morgan fingerprint density at radius 2 is 2.29 bits per heavy atom. The third-order valence-corrected chi connectivity index (χ3v) is 3.69. The van der Waals surface area contributed by atoms with E-state index in [1.165, 1.54) is 23.0 Å². The fourth-order valence-electron chi connectivity index (χ4n) is 1.27. The summed E-state index contributed by atoms with van der Waals surface area (Å²) in [5.41, 5.74) is 0. The van der Waals surface area contributed by atoms with E-state index in [1.807, 2.05) is 0 Å². The zero-order valence-electron chi connectivity index (χ0n) is 7.54. The van der Waals surface area contributed by atoms with Crippen LogP contribution in [0.4, 0.5) is 0 Å². The summed E-state index contributed by atoms with van der Waals surface area (Å²) < 4.78 is 31.1. The van der Waals surface area contributed by atoms with Gasteiger partial charge in [-0.3, -0.25) is 0 Å². The summed E-state index contributed by atoms with van der Waals surface area (Å²) in [6.07, 6.45) is 4.84. The van der Waals surface area contributed by atoms with Gasteiger partial charge < -0.3 is 4.74 Å². The molecule has 7 heteroatoms. The van der Waals surface area contributed by atoms with Crippen LogP contribution < -0.4 is 0 Å². The molecule has 14 heavy (non-hydrogen) atoms. The lowest BCUT2D eigenvalue weighted by Gasteiger charge is -2.25. The molecule has 0 amide bonds. The highest BCUT2D eigenvalue weighted by molar-refractivity contribution is 7.87. The molecule has 1 fully saturated rings. The molecule has 1 aliphatic heterocycles. The van der Waals surface area contributed by atoms with Gasteiger partial charge in [0.25, 0.3) is 0 Å². The minimum atomic E-state index is -3.46. The third-order valence-electron chi connectivity index (χ3n) is 2.00. The van der Waals surface area contributed by atoms with E-state index in [2.05, 4.69) is 4.98 Å². The summed E-state index contributed by atoms with van der Waals surface area (Å²) in [7, 11) is -3.46. The predicted octanol–water partition coefficient (Wildman–Crippen LogP) is -0.344. The van der Waals surface area contributed by atoms with Crippen molar-refractivity contribution in [3.63, 3.8) is 0 Å². The van der Waals surface area contributed by atoms with Crippen LogP contribution in [0.3, 0.4) is 0 Å². The first-order chi connectivity index (χ1) is 6.71. The Morgan fingerprint density at radius 1 is 1.43 bits per heavy atom. The van der Waals surface area contributed by atoms with Crippen molar-refractivity contribution in [3.8, 4) is 0 Å². The number of ether oxygens (including phenoxy) is 1. The molecule has 0 spiro atoms. The van der Waals surface area contributed by atoms with Crippen molar-refractivity contribution < 1.29 is 13.2 Å². The van der Waals surface area contributed by atoms with Gasteiger partial charge in [0, 0.05) is 25.5 Å². The lowest BCUT2D eigenvalue weighted by Crippen LogP contribution is -2.40. The lowest BCUT2D eigenvalue weighted by molar-refractivity contribution is 0.0307. The molecule has 1 aromatic rings. The average molecular weight is 217 g/mol. The molecule has 1 aliphatic rings. The van der Waals surface area contributed by atoms with Crippen molar-refractivity contribution in [1.82, 2.24) is 13.3 Å². The second-order valence-corrected chi connectivity index (χ2v) is 4.80. The monoisotopic (exact) mass is 217 g/mol. The number of hydrogen-bond acceptors (Lipinski definition) is 4. The van der Waals surface area contributed by atoms with E-state index in [4.69, 9.17) is 4.74 Å². The van der Waals surface area contributed by atoms with Crippen LogP contribution in [0.2, 0.25) is 0 Å². The number of aromatic nitrogens is 2. The van der Waals surface area contributed by atoms with E-state index in [1.54, 1.807) is 0 Å². The molecule has 0 aliphatic carbocycles. The Kier molecular flexibility index (Phi) is 2.53. The molecule has 0 bridgehead atoms. The van der Waals surface area contributed by atoms with Crippen molar-refractivity contribution in [3.05, 3.63) is 18.7 Å². The van der Waals surface area contributed by atoms with E-state index in [-0.39, 0.29) is 6.73 Å². The minimum Gasteiger partial charge on any atom is -0.365 e. The Hall–Kier alpha value is -0.920. The normalized spacial score (nSPS) is 19.7. The van der Waals surface area contributed by atoms with Gasteiger partial charge in [-0.15, -0.1) is 0 Å². The maximum Gasteiger partial charge on any atom is 0.310 e. The fraction of sp³-hybridized carbons (Fsp3) is 0.571. The van der Waals surface area contributed by atoms with Gasteiger partial charge in [0.15, 0.2) is 0 Å². The summed E-state index contributed by atoms with van der Waals surface area (Å²) in [5.74, 6) is 0. The summed E-state index contributed by atoms with van der Waals surface area (Å²) in [6, 6.07) is 0. The maximum atomic E-state index is 11.8. The van der Waals surface area contributed by atoms with Gasteiger partial charge in [0.1, 0.15) is 13.1 Å². The first-order valence-electron chi connectivity index (χ1n) is 4.27. The number of hydrogen-bond donors (Lipinski definition) is 0. The van der Waals surface area contributed by atoms with Crippen LogP contribution >= 0.6 is 0 Å². The molecule has 78 valence electrons. The summed E-state index contributed by atoms with van der Waals surface area (Å²) in [5, 5.41) is 0. The Balaban J connectivity index is 2.23. The van der Waals surface area contributed by atoms with Crippen molar-refractivity contribution in [2.75, 3.05) is 19.9 Å². The topological polar surface area (TPSA) is 64.4 Å². The van der Waals surface area contributed by atoms with Crippen LogP contribution in [0.15, 0.2) is 18.7 Å². The molecular formula is C7H11N3O3S. The van der Waals surface area contributed by atoms with Gasteiger partial charge >= 0.3 is 10.2 Å². The highest BCUT2D eigenvalue weighted by Gasteiger charge is 2.25. The SMILES string of the molecule is O=S(=O)(N1CCCOC1)n1ccnc1. The van der Waals surface area contributed by atoms with Gasteiger partial charge in [0.05, 0.1) is 0 Å². The van der Waals surface area contributed by atoms with Crippen LogP contribution in [0.1, 0.15) is 6.42 Å². The molecule has 0 radical (unpaired) electrons. The summed E-state index contributed by atoms with van der Waals surface area (Å²) in [4.78, 5) is 3.70. The Bertz CT molecular complexity index is 380. The molecule has 2 heterocycles. The molecule has 6 nitrogen and oxygen atoms in total. The first-order valence-corrected chi connectivity index (χ1v) is 5.67. The predicted molar refractivity (Wildman–Crippen MR) is 48.7 cm³/mol. The summed E-state index contributed by atoms with van der Waals surface area (Å²) in [6.45, 7) is 1.25. The van der Waals surface area contributed by atoms with Gasteiger partial charge in [-0.2, -0.15) is 12.7 Å². The Morgan fingerprint density at radius 3 is 2.86 bits per heavy atom. The van der Waals surface area contributed by atoms with Gasteiger partial charge in [-0.05, 0) is 6.42 Å². The molecule has 1 aromatic heterocycles. The molecule has 0 atom stereocenters. The standard InChI is InChI=1S/C7H11N3O3S/c11-14(12,9-4-2-8-6-9)10-3-1-5-13-7-10/h2,4,6H,1,3,5,7H2. The van der Waals surface area contributed by atoms with Crippen LogP contribution in [-0.4, -0.2) is 41.6 Å². The van der Waals surface area contributed by atoms with E-state index >= 15 is 0 Å². The molecule has 0 unspecified atom stereocenters. The zero-order valence-corrected chi connectivity index (χ0v) is 8.35. The molecular weight excluding hydrogens is 206 g/mol. The van der Waals surface area contributed by atoms with E-state index in [0.717, 1.165) is 10.4 Å². The van der Waals surface area contributed by atoms with Crippen LogP contribution in [0, 0.1) is 0 Å². The highest BCUT2D eigenvalue weighted by atomic mass is 32.2. The van der Waals surface area contributed by atoms with Gasteiger partial charge in [0.2, 0.25) is 0 Å². The molecule has 0 saturated carbocycles. The van der Waals surface area contributed by atoms with Crippen molar-refractivity contribution in [2.24, 2.45) is 0 Å². The van der Waals surface area contributed by atoms with Crippen molar-refractivity contribution in [2.45, 2.75) is 6.42 Å². The van der Waals surface area contributed by atoms with Crippen molar-refractivity contribution >= 4 is 10.2 Å². The van der Waals surface area contributed by atoms with E-state index < -0.39 is 10.2 Å². The molecule has 0 N–H and O–H groups in total. The zero-order chi connectivity index (χ0) is 10.0. The van der Waals surface area contributed by atoms with Crippen LogP contribution in [-0.2, 0) is 14.9 Å². The first kappa shape index (κ1) is 9.63. The van der Waals surface area contributed by atoms with Crippen LogP contribution in [0.25, 0.3) is 0 Å². The quantitative estimate of drug-likeness (QED) is 0.679. The fourth-order valence-corrected chi connectivity index (χ4v) is 2.49. The minimum absolute atomic E-state index is 0.126. The van der Waals surface area contributed by atoms with Gasteiger partial charge in [-0.1, -0.05) is 0 Å². The van der Waals surface area contributed by atoms with Crippen LogP contribution in [0.5, 0.6) is 0 Å². The lowest BCUT2D eigenvalue weighted by atomic mass is 10.4. The second-order valence-electron chi connectivity index (χ2n) is 2.97. The average Bonchev–Trinajstić information content (AvgIpc) is 2.72. The van der Waals surface area contributed by atoms with E-state index in [0.29, 0.717) is 13.2 Å². The van der Waals surface area contributed by atoms with Crippen molar-refractivity contribution in [1.29, 1.82) is 0 Å². The summed E-state index contributed by atoms with van der Waals surface area (Å²) >= 11 is 0. The smallest absolute Gasteiger partial charge is 0.310 e.